The zero-order valence-corrected chi connectivity index (χ0v) is 18.6. The average Bonchev–Trinajstić information content (AvgIpc) is 2.44. The Labute approximate surface area is 162 Å². The van der Waals surface area contributed by atoms with Crippen molar-refractivity contribution in [2.45, 2.75) is 64.9 Å². The molecule has 0 aliphatic carbocycles. The van der Waals surface area contributed by atoms with Crippen LogP contribution in [-0.4, -0.2) is 28.7 Å². The average molecular weight is 403 g/mol. The molecule has 3 nitrogen and oxygen atoms in total. The third-order valence-corrected chi connectivity index (χ3v) is 9.03. The van der Waals surface area contributed by atoms with Gasteiger partial charge in [-0.25, -0.2) is 0 Å². The molecule has 0 unspecified atom stereocenters. The Hall–Kier alpha value is -0.160. The lowest BCUT2D eigenvalue weighted by Crippen LogP contribution is -2.15. The molecule has 0 bridgehead atoms. The summed E-state index contributed by atoms with van der Waals surface area (Å²) in [6.45, 7) is 12.3. The SMILES string of the molecule is CC(C)OP(=S)(OC(C)C)SC(C)(C)/C=C(\CCO)c1ccccc1. The van der Waals surface area contributed by atoms with E-state index in [4.69, 9.17) is 20.9 Å². The van der Waals surface area contributed by atoms with Crippen LogP contribution in [0.2, 0.25) is 0 Å². The van der Waals surface area contributed by atoms with Crippen LogP contribution in [0.4, 0.5) is 0 Å². The van der Waals surface area contributed by atoms with Crippen molar-refractivity contribution >= 4 is 34.5 Å². The summed E-state index contributed by atoms with van der Waals surface area (Å²) in [6, 6.07) is 10.1. The summed E-state index contributed by atoms with van der Waals surface area (Å²) in [7, 11) is 0. The molecule has 0 saturated carbocycles. The van der Waals surface area contributed by atoms with Crippen LogP contribution in [0.15, 0.2) is 36.4 Å². The molecule has 0 saturated heterocycles. The Morgan fingerprint density at radius 3 is 2.12 bits per heavy atom. The molecule has 0 heterocycles. The number of aliphatic hydroxyl groups excluding tert-OH is 1. The van der Waals surface area contributed by atoms with Gasteiger partial charge in [0.05, 0.1) is 12.2 Å². The molecule has 142 valence electrons. The van der Waals surface area contributed by atoms with E-state index in [0.717, 1.165) is 11.1 Å². The molecule has 0 aliphatic heterocycles. The second-order valence-electron chi connectivity index (χ2n) is 6.96. The topological polar surface area (TPSA) is 38.7 Å². The van der Waals surface area contributed by atoms with Crippen LogP contribution in [0.25, 0.3) is 5.57 Å². The zero-order chi connectivity index (χ0) is 19.1. The van der Waals surface area contributed by atoms with Crippen molar-refractivity contribution in [3.8, 4) is 0 Å². The Balaban J connectivity index is 3.11. The molecule has 6 heteroatoms. The van der Waals surface area contributed by atoms with E-state index < -0.39 is 5.69 Å². The quantitative estimate of drug-likeness (QED) is 0.483. The van der Waals surface area contributed by atoms with Crippen LogP contribution in [0.3, 0.4) is 0 Å². The van der Waals surface area contributed by atoms with Gasteiger partial charge in [-0.05, 0) is 70.9 Å². The highest BCUT2D eigenvalue weighted by atomic mass is 32.9. The molecule has 0 fully saturated rings. The summed E-state index contributed by atoms with van der Waals surface area (Å²) >= 11 is 7.37. The van der Waals surface area contributed by atoms with E-state index in [9.17, 15) is 5.11 Å². The van der Waals surface area contributed by atoms with Crippen LogP contribution < -0.4 is 0 Å². The van der Waals surface area contributed by atoms with Gasteiger partial charge in [0.2, 0.25) is 5.69 Å². The predicted molar refractivity (Wildman–Crippen MR) is 115 cm³/mol. The molecule has 0 radical (unpaired) electrons. The van der Waals surface area contributed by atoms with Gasteiger partial charge in [-0.3, -0.25) is 0 Å². The largest absolute Gasteiger partial charge is 0.396 e. The molecular formula is C19H31O3PS2. The van der Waals surface area contributed by atoms with Gasteiger partial charge in [0.25, 0.3) is 0 Å². The first kappa shape index (κ1) is 22.9. The lowest BCUT2D eigenvalue weighted by atomic mass is 9.99. The summed E-state index contributed by atoms with van der Waals surface area (Å²) in [5.41, 5.74) is -0.251. The molecule has 0 atom stereocenters. The van der Waals surface area contributed by atoms with Crippen LogP contribution in [-0.2, 0) is 20.9 Å². The van der Waals surface area contributed by atoms with E-state index in [0.29, 0.717) is 6.42 Å². The van der Waals surface area contributed by atoms with E-state index >= 15 is 0 Å². The minimum atomic E-state index is -2.48. The minimum Gasteiger partial charge on any atom is -0.396 e. The first-order valence-corrected chi connectivity index (χ1v) is 12.7. The maximum Gasteiger partial charge on any atom is 0.248 e. The molecule has 0 aromatic heterocycles. The van der Waals surface area contributed by atoms with Crippen LogP contribution in [0, 0.1) is 0 Å². The molecule has 1 aromatic carbocycles. The summed E-state index contributed by atoms with van der Waals surface area (Å²) in [6.07, 6.45) is 2.82. The number of aliphatic hydroxyl groups is 1. The third-order valence-electron chi connectivity index (χ3n) is 3.07. The maximum absolute atomic E-state index is 9.45. The highest BCUT2D eigenvalue weighted by molar-refractivity contribution is 8.68. The molecule has 0 aliphatic rings. The van der Waals surface area contributed by atoms with E-state index in [2.05, 4.69) is 32.1 Å². The fourth-order valence-electron chi connectivity index (χ4n) is 2.39. The Morgan fingerprint density at radius 1 is 1.16 bits per heavy atom. The fourth-order valence-corrected chi connectivity index (χ4v) is 10.3. The summed E-state index contributed by atoms with van der Waals surface area (Å²) in [4.78, 5) is 0. The van der Waals surface area contributed by atoms with Gasteiger partial charge in [0.1, 0.15) is 0 Å². The molecule has 1 rings (SSSR count). The van der Waals surface area contributed by atoms with Gasteiger partial charge in [0, 0.05) is 11.4 Å². The smallest absolute Gasteiger partial charge is 0.248 e. The van der Waals surface area contributed by atoms with Crippen LogP contribution >= 0.6 is 17.1 Å². The lowest BCUT2D eigenvalue weighted by Gasteiger charge is -2.32. The zero-order valence-electron chi connectivity index (χ0n) is 16.1. The van der Waals surface area contributed by atoms with Crippen LogP contribution in [0.1, 0.15) is 53.5 Å². The number of rotatable bonds is 10. The molecule has 0 amide bonds. The predicted octanol–water partition coefficient (Wildman–Crippen LogP) is 6.04. The Morgan fingerprint density at radius 2 is 1.68 bits per heavy atom. The molecule has 1 aromatic rings. The van der Waals surface area contributed by atoms with Crippen molar-refractivity contribution < 1.29 is 14.2 Å². The minimum absolute atomic E-state index is 0.0166. The number of hydrogen-bond donors (Lipinski definition) is 1. The first-order valence-electron chi connectivity index (χ1n) is 8.62. The normalized spacial score (nSPS) is 13.7. The van der Waals surface area contributed by atoms with E-state index in [1.165, 1.54) is 0 Å². The van der Waals surface area contributed by atoms with Crippen molar-refractivity contribution in [1.29, 1.82) is 0 Å². The van der Waals surface area contributed by atoms with Crippen molar-refractivity contribution in [2.75, 3.05) is 6.61 Å². The highest BCUT2D eigenvalue weighted by Gasteiger charge is 2.32. The van der Waals surface area contributed by atoms with E-state index in [1.54, 1.807) is 11.4 Å². The van der Waals surface area contributed by atoms with E-state index in [-0.39, 0.29) is 23.6 Å². The molecule has 1 N–H and O–H groups in total. The second kappa shape index (κ2) is 10.2. The van der Waals surface area contributed by atoms with Gasteiger partial charge in [-0.15, -0.1) is 0 Å². The molecule has 0 spiro atoms. The van der Waals surface area contributed by atoms with Crippen LogP contribution in [0.5, 0.6) is 0 Å². The first-order chi connectivity index (χ1) is 11.6. The van der Waals surface area contributed by atoms with Gasteiger partial charge < -0.3 is 14.2 Å². The fraction of sp³-hybridized carbons (Fsp3) is 0.579. The number of hydrogen-bond acceptors (Lipinski definition) is 5. The van der Waals surface area contributed by atoms with Gasteiger partial charge in [0.15, 0.2) is 0 Å². The van der Waals surface area contributed by atoms with Crippen molar-refractivity contribution in [2.24, 2.45) is 0 Å². The Kier molecular flexibility index (Phi) is 9.38. The van der Waals surface area contributed by atoms with Gasteiger partial charge >= 0.3 is 0 Å². The van der Waals surface area contributed by atoms with Crippen molar-refractivity contribution in [1.82, 2.24) is 0 Å². The maximum atomic E-state index is 9.45. The molecular weight excluding hydrogens is 371 g/mol. The summed E-state index contributed by atoms with van der Waals surface area (Å²) in [5.74, 6) is 0. The number of benzene rings is 1. The highest BCUT2D eigenvalue weighted by Crippen LogP contribution is 2.67. The molecule has 25 heavy (non-hydrogen) atoms. The van der Waals surface area contributed by atoms with E-state index in [1.807, 2.05) is 45.9 Å². The van der Waals surface area contributed by atoms with Gasteiger partial charge in [-0.1, -0.05) is 47.8 Å². The van der Waals surface area contributed by atoms with Gasteiger partial charge in [-0.2, -0.15) is 0 Å². The Bertz CT molecular complexity index is 584. The summed E-state index contributed by atoms with van der Waals surface area (Å²) in [5, 5.41) is 9.45. The summed E-state index contributed by atoms with van der Waals surface area (Å²) < 4.78 is 11.8. The standard InChI is InChI=1S/C19H31O3PS2/c1-15(2)21-23(24,22-16(3)4)25-19(5,6)14-18(12-13-20)17-10-8-7-9-11-17/h7-11,14-16,20H,12-13H2,1-6H3/b18-14+. The lowest BCUT2D eigenvalue weighted by molar-refractivity contribution is 0.186. The third kappa shape index (κ3) is 8.85. The van der Waals surface area contributed by atoms with Crippen molar-refractivity contribution in [3.63, 3.8) is 0 Å². The second-order valence-corrected chi connectivity index (χ2v) is 13.6. The van der Waals surface area contributed by atoms with Crippen molar-refractivity contribution in [3.05, 3.63) is 42.0 Å². The monoisotopic (exact) mass is 402 g/mol.